The molecule has 9 nitrogen and oxygen atoms in total. The molecule has 3 aromatic carbocycles. The third-order valence-corrected chi connectivity index (χ3v) is 4.95. The molecule has 2 amide bonds. The van der Waals surface area contributed by atoms with E-state index in [4.69, 9.17) is 10.5 Å². The molecular formula is C22H18N4O5. The van der Waals surface area contributed by atoms with Crippen LogP contribution in [0.2, 0.25) is 0 Å². The van der Waals surface area contributed by atoms with Crippen molar-refractivity contribution >= 4 is 34.6 Å². The van der Waals surface area contributed by atoms with Gasteiger partial charge in [0, 0.05) is 6.07 Å². The Bertz CT molecular complexity index is 1240. The maximum Gasteiger partial charge on any atom is 0.310 e. The lowest BCUT2D eigenvalue weighted by atomic mass is 10.0. The number of ether oxygens (including phenoxy) is 1. The lowest BCUT2D eigenvalue weighted by Crippen LogP contribution is -2.14. The highest BCUT2D eigenvalue weighted by Crippen LogP contribution is 2.37. The topological polar surface area (TPSA) is 137 Å². The molecule has 0 saturated heterocycles. The van der Waals surface area contributed by atoms with Gasteiger partial charge in [0.15, 0.2) is 5.75 Å². The van der Waals surface area contributed by atoms with Crippen LogP contribution in [0.1, 0.15) is 15.9 Å². The van der Waals surface area contributed by atoms with Gasteiger partial charge >= 0.3 is 5.69 Å². The summed E-state index contributed by atoms with van der Waals surface area (Å²) in [5.41, 5.74) is 9.50. The molecule has 156 valence electrons. The molecular weight excluding hydrogens is 400 g/mol. The first-order valence-corrected chi connectivity index (χ1v) is 9.32. The number of carbonyl (C=O) groups is 2. The molecule has 0 bridgehead atoms. The van der Waals surface area contributed by atoms with Crippen LogP contribution in [-0.4, -0.2) is 23.8 Å². The number of hydrogen-bond donors (Lipinski definition) is 3. The standard InChI is InChI=1S/C22H18N4O5/c1-31-20-11-14(4-7-19(20)26(29)30)13-3-5-15-17(10-13)24-16-6-2-12(9-21(23)27)8-18(16)25-22(15)28/h2-8,10-11,24H,9H2,1H3,(H2,23,27)(H,25,28). The maximum atomic E-state index is 12.7. The number of hydrogen-bond acceptors (Lipinski definition) is 6. The molecule has 0 aromatic heterocycles. The first-order chi connectivity index (χ1) is 14.9. The van der Waals surface area contributed by atoms with Crippen molar-refractivity contribution in [3.8, 4) is 16.9 Å². The van der Waals surface area contributed by atoms with Gasteiger partial charge in [-0.1, -0.05) is 12.1 Å². The fraction of sp³-hybridized carbons (Fsp3) is 0.0909. The van der Waals surface area contributed by atoms with Crippen molar-refractivity contribution in [2.24, 2.45) is 5.73 Å². The fourth-order valence-electron chi connectivity index (χ4n) is 3.48. The summed E-state index contributed by atoms with van der Waals surface area (Å²) in [5, 5.41) is 17.2. The Morgan fingerprint density at radius 2 is 1.74 bits per heavy atom. The number of benzene rings is 3. The third kappa shape index (κ3) is 3.88. The summed E-state index contributed by atoms with van der Waals surface area (Å²) in [6.07, 6.45) is 0.0717. The van der Waals surface area contributed by atoms with Crippen molar-refractivity contribution in [3.05, 3.63) is 75.8 Å². The number of nitrogens with one attached hydrogen (secondary N) is 2. The predicted octanol–water partition coefficient (Wildman–Crippen LogP) is 3.61. The van der Waals surface area contributed by atoms with E-state index in [-0.39, 0.29) is 23.8 Å². The molecule has 1 aliphatic rings. The Hall–Kier alpha value is -4.40. The largest absolute Gasteiger partial charge is 0.490 e. The van der Waals surface area contributed by atoms with Gasteiger partial charge in [-0.2, -0.15) is 0 Å². The summed E-state index contributed by atoms with van der Waals surface area (Å²) in [7, 11) is 1.37. The number of amides is 2. The summed E-state index contributed by atoms with van der Waals surface area (Å²) in [6, 6.07) is 15.1. The normalized spacial score (nSPS) is 12.0. The van der Waals surface area contributed by atoms with Gasteiger partial charge in [-0.15, -0.1) is 0 Å². The minimum Gasteiger partial charge on any atom is -0.490 e. The van der Waals surface area contributed by atoms with E-state index >= 15 is 0 Å². The lowest BCUT2D eigenvalue weighted by molar-refractivity contribution is -0.385. The van der Waals surface area contributed by atoms with E-state index in [0.717, 1.165) is 5.56 Å². The van der Waals surface area contributed by atoms with E-state index in [1.54, 1.807) is 48.5 Å². The van der Waals surface area contributed by atoms with Crippen LogP contribution in [0, 0.1) is 10.1 Å². The molecule has 0 aliphatic carbocycles. The Morgan fingerprint density at radius 1 is 1.00 bits per heavy atom. The number of nitrogens with zero attached hydrogens (tertiary/aromatic N) is 1. The molecule has 4 rings (SSSR count). The van der Waals surface area contributed by atoms with Crippen LogP contribution in [0.4, 0.5) is 22.7 Å². The molecule has 0 unspecified atom stereocenters. The minimum absolute atomic E-state index is 0.0717. The van der Waals surface area contributed by atoms with Gasteiger partial charge in [-0.25, -0.2) is 0 Å². The fourth-order valence-corrected chi connectivity index (χ4v) is 3.48. The van der Waals surface area contributed by atoms with Crippen LogP contribution in [0.5, 0.6) is 5.75 Å². The van der Waals surface area contributed by atoms with Crippen molar-refractivity contribution < 1.29 is 19.2 Å². The number of fused-ring (bicyclic) bond motifs is 2. The van der Waals surface area contributed by atoms with Gasteiger partial charge < -0.3 is 21.1 Å². The zero-order valence-corrected chi connectivity index (χ0v) is 16.5. The van der Waals surface area contributed by atoms with Crippen LogP contribution >= 0.6 is 0 Å². The Morgan fingerprint density at radius 3 is 2.45 bits per heavy atom. The molecule has 9 heteroatoms. The first kappa shape index (κ1) is 19.9. The minimum atomic E-state index is -0.505. The van der Waals surface area contributed by atoms with Gasteiger partial charge in [0.25, 0.3) is 5.91 Å². The number of nitro benzene ring substituents is 1. The lowest BCUT2D eigenvalue weighted by Gasteiger charge is -2.12. The average Bonchev–Trinajstić information content (AvgIpc) is 2.87. The summed E-state index contributed by atoms with van der Waals surface area (Å²) >= 11 is 0. The number of carbonyl (C=O) groups excluding carboxylic acids is 2. The van der Waals surface area contributed by atoms with Crippen LogP contribution < -0.4 is 21.1 Å². The zero-order chi connectivity index (χ0) is 22.1. The number of nitro groups is 1. The van der Waals surface area contributed by atoms with Gasteiger partial charge in [0.1, 0.15) is 0 Å². The van der Waals surface area contributed by atoms with Gasteiger partial charge in [-0.3, -0.25) is 19.7 Å². The highest BCUT2D eigenvalue weighted by Gasteiger charge is 2.21. The van der Waals surface area contributed by atoms with Crippen molar-refractivity contribution in [1.29, 1.82) is 0 Å². The van der Waals surface area contributed by atoms with E-state index in [9.17, 15) is 19.7 Å². The molecule has 0 spiro atoms. The van der Waals surface area contributed by atoms with Crippen LogP contribution in [-0.2, 0) is 11.2 Å². The zero-order valence-electron chi connectivity index (χ0n) is 16.5. The summed E-state index contributed by atoms with van der Waals surface area (Å²) < 4.78 is 5.15. The second-order valence-corrected chi connectivity index (χ2v) is 7.01. The SMILES string of the molecule is COc1cc(-c2ccc3c(c2)Nc2ccc(CC(N)=O)cc2NC3=O)ccc1[N+](=O)[O-]. The third-order valence-electron chi connectivity index (χ3n) is 4.95. The molecule has 1 heterocycles. The smallest absolute Gasteiger partial charge is 0.310 e. The van der Waals surface area contributed by atoms with Crippen molar-refractivity contribution in [3.63, 3.8) is 0 Å². The molecule has 0 radical (unpaired) electrons. The Labute approximate surface area is 177 Å². The summed E-state index contributed by atoms with van der Waals surface area (Å²) in [5.74, 6) is -0.611. The number of nitrogens with two attached hydrogens (primary N) is 1. The second kappa shape index (κ2) is 7.79. The number of methoxy groups -OCH3 is 1. The summed E-state index contributed by atoms with van der Waals surface area (Å²) in [4.78, 5) is 34.6. The van der Waals surface area contributed by atoms with Crippen molar-refractivity contribution in [2.45, 2.75) is 6.42 Å². The highest BCUT2D eigenvalue weighted by atomic mass is 16.6. The Kier molecular flexibility index (Phi) is 5.00. The van der Waals surface area contributed by atoms with Crippen LogP contribution in [0.15, 0.2) is 54.6 Å². The predicted molar refractivity (Wildman–Crippen MR) is 116 cm³/mol. The molecule has 4 N–H and O–H groups in total. The quantitative estimate of drug-likeness (QED) is 0.428. The van der Waals surface area contributed by atoms with Crippen molar-refractivity contribution in [1.82, 2.24) is 0 Å². The monoisotopic (exact) mass is 418 g/mol. The van der Waals surface area contributed by atoms with E-state index in [1.807, 2.05) is 0 Å². The van der Waals surface area contributed by atoms with E-state index in [0.29, 0.717) is 33.8 Å². The van der Waals surface area contributed by atoms with Crippen molar-refractivity contribution in [2.75, 3.05) is 17.7 Å². The molecule has 3 aromatic rings. The van der Waals surface area contributed by atoms with Crippen LogP contribution in [0.25, 0.3) is 11.1 Å². The summed E-state index contributed by atoms with van der Waals surface area (Å²) in [6.45, 7) is 0. The van der Waals surface area contributed by atoms with E-state index in [1.165, 1.54) is 13.2 Å². The second-order valence-electron chi connectivity index (χ2n) is 7.01. The average molecular weight is 418 g/mol. The Balaban J connectivity index is 1.73. The molecule has 1 aliphatic heterocycles. The van der Waals surface area contributed by atoms with Gasteiger partial charge in [0.2, 0.25) is 5.91 Å². The van der Waals surface area contributed by atoms with E-state index < -0.39 is 10.8 Å². The first-order valence-electron chi connectivity index (χ1n) is 9.32. The molecule has 0 fully saturated rings. The number of rotatable bonds is 5. The highest BCUT2D eigenvalue weighted by molar-refractivity contribution is 6.12. The van der Waals surface area contributed by atoms with Gasteiger partial charge in [-0.05, 0) is 53.1 Å². The molecule has 0 atom stereocenters. The van der Waals surface area contributed by atoms with Gasteiger partial charge in [0.05, 0.1) is 41.1 Å². The van der Waals surface area contributed by atoms with Crippen LogP contribution in [0.3, 0.4) is 0 Å². The molecule has 31 heavy (non-hydrogen) atoms. The number of primary amides is 1. The van der Waals surface area contributed by atoms with E-state index in [2.05, 4.69) is 10.6 Å². The molecule has 0 saturated carbocycles. The number of anilines is 3. The maximum absolute atomic E-state index is 12.7.